The average molecular weight is 612 g/mol. The molecule has 0 fully saturated rings. The van der Waals surface area contributed by atoms with E-state index in [4.69, 9.17) is 14.2 Å². The zero-order valence-electron chi connectivity index (χ0n) is 25.6. The fraction of sp³-hybridized carbons (Fsp3) is 0.375. The van der Waals surface area contributed by atoms with Gasteiger partial charge in [0.15, 0.2) is 11.5 Å². The van der Waals surface area contributed by atoms with Gasteiger partial charge in [-0.2, -0.15) is 0 Å². The summed E-state index contributed by atoms with van der Waals surface area (Å²) < 4.78 is 45.5. The van der Waals surface area contributed by atoms with Crippen LogP contribution in [0.25, 0.3) is 0 Å². The van der Waals surface area contributed by atoms with Crippen molar-refractivity contribution in [2.75, 3.05) is 38.2 Å². The molecule has 3 aromatic rings. The van der Waals surface area contributed by atoms with Crippen molar-refractivity contribution in [3.8, 4) is 17.2 Å². The van der Waals surface area contributed by atoms with Crippen molar-refractivity contribution >= 4 is 27.5 Å². The Labute approximate surface area is 254 Å². The second kappa shape index (κ2) is 15.3. The number of nitrogens with zero attached hydrogens (tertiary/aromatic N) is 2. The van der Waals surface area contributed by atoms with Gasteiger partial charge in [-0.05, 0) is 76.1 Å². The van der Waals surface area contributed by atoms with Gasteiger partial charge >= 0.3 is 0 Å². The Balaban J connectivity index is 2.04. The number of nitrogens with one attached hydrogen (secondary N) is 1. The number of carbonyl (C=O) groups is 2. The molecule has 1 N–H and O–H groups in total. The molecule has 0 bridgehead atoms. The second-order valence-electron chi connectivity index (χ2n) is 10.1. The third-order valence-corrected chi connectivity index (χ3v) is 8.51. The lowest BCUT2D eigenvalue weighted by atomic mass is 10.1. The smallest absolute Gasteiger partial charge is 0.264 e. The zero-order chi connectivity index (χ0) is 31.6. The first-order valence-electron chi connectivity index (χ1n) is 14.1. The first-order valence-corrected chi connectivity index (χ1v) is 15.6. The van der Waals surface area contributed by atoms with Gasteiger partial charge in [0, 0.05) is 18.7 Å². The predicted molar refractivity (Wildman–Crippen MR) is 166 cm³/mol. The summed E-state index contributed by atoms with van der Waals surface area (Å²) in [4.78, 5) is 28.4. The molecular formula is C32H41N3O7S. The van der Waals surface area contributed by atoms with E-state index in [1.807, 2.05) is 51.1 Å². The molecule has 3 aromatic carbocycles. The molecule has 11 heteroatoms. The van der Waals surface area contributed by atoms with E-state index < -0.39 is 28.5 Å². The monoisotopic (exact) mass is 611 g/mol. The van der Waals surface area contributed by atoms with Gasteiger partial charge in [-0.3, -0.25) is 13.9 Å². The number of amides is 2. The molecule has 0 saturated carbocycles. The minimum Gasteiger partial charge on any atom is -0.494 e. The van der Waals surface area contributed by atoms with Gasteiger partial charge in [-0.25, -0.2) is 8.42 Å². The lowest BCUT2D eigenvalue weighted by molar-refractivity contribution is -0.139. The van der Waals surface area contributed by atoms with Crippen LogP contribution >= 0.6 is 0 Å². The van der Waals surface area contributed by atoms with Crippen molar-refractivity contribution in [1.82, 2.24) is 10.2 Å². The molecule has 43 heavy (non-hydrogen) atoms. The third kappa shape index (κ3) is 8.63. The highest BCUT2D eigenvalue weighted by atomic mass is 32.2. The van der Waals surface area contributed by atoms with Gasteiger partial charge in [0.2, 0.25) is 11.8 Å². The number of sulfonamides is 1. The van der Waals surface area contributed by atoms with Crippen molar-refractivity contribution < 1.29 is 32.2 Å². The summed E-state index contributed by atoms with van der Waals surface area (Å²) in [6.07, 6.45) is 0.483. The number of benzene rings is 3. The maximum Gasteiger partial charge on any atom is 0.264 e. The van der Waals surface area contributed by atoms with E-state index in [0.717, 1.165) is 9.87 Å². The van der Waals surface area contributed by atoms with E-state index in [1.165, 1.54) is 37.3 Å². The Hall–Kier alpha value is -4.25. The number of hydrogen-bond acceptors (Lipinski definition) is 7. The summed E-state index contributed by atoms with van der Waals surface area (Å²) in [6.45, 7) is 7.28. The Morgan fingerprint density at radius 3 is 2.12 bits per heavy atom. The summed E-state index contributed by atoms with van der Waals surface area (Å²) in [5.74, 6) is 0.295. The molecule has 0 aliphatic carbocycles. The van der Waals surface area contributed by atoms with E-state index in [0.29, 0.717) is 24.5 Å². The second-order valence-corrected chi connectivity index (χ2v) is 12.0. The van der Waals surface area contributed by atoms with Gasteiger partial charge < -0.3 is 24.4 Å². The van der Waals surface area contributed by atoms with Crippen molar-refractivity contribution in [2.45, 2.75) is 51.1 Å². The SMILES string of the molecule is CCOc1ccc(N(CC(=O)N(CCc2ccccc2)[C@@H](C)C(=O)NC(C)C)S(=O)(=O)c2ccc(OC)c(OC)c2)cc1. The highest BCUT2D eigenvalue weighted by Crippen LogP contribution is 2.33. The van der Waals surface area contributed by atoms with Gasteiger partial charge in [-0.15, -0.1) is 0 Å². The summed E-state index contributed by atoms with van der Waals surface area (Å²) >= 11 is 0. The molecule has 3 rings (SSSR count). The van der Waals surface area contributed by atoms with E-state index in [1.54, 1.807) is 31.2 Å². The molecule has 0 aromatic heterocycles. The van der Waals surface area contributed by atoms with Crippen molar-refractivity contribution in [1.29, 1.82) is 0 Å². The van der Waals surface area contributed by atoms with Crippen molar-refractivity contribution in [2.24, 2.45) is 0 Å². The van der Waals surface area contributed by atoms with Crippen LogP contribution in [0.2, 0.25) is 0 Å². The predicted octanol–water partition coefficient (Wildman–Crippen LogP) is 4.28. The van der Waals surface area contributed by atoms with Crippen LogP contribution in [0.3, 0.4) is 0 Å². The van der Waals surface area contributed by atoms with Crippen LogP contribution < -0.4 is 23.8 Å². The molecule has 0 radical (unpaired) electrons. The lowest BCUT2D eigenvalue weighted by Crippen LogP contribution is -2.53. The quantitative estimate of drug-likeness (QED) is 0.273. The van der Waals surface area contributed by atoms with Gasteiger partial charge in [0.05, 0.1) is 31.4 Å². The molecule has 0 aliphatic rings. The van der Waals surface area contributed by atoms with Crippen molar-refractivity contribution in [3.05, 3.63) is 78.4 Å². The molecule has 10 nitrogen and oxygen atoms in total. The molecule has 0 heterocycles. The van der Waals surface area contributed by atoms with Crippen LogP contribution in [0.1, 0.15) is 33.3 Å². The summed E-state index contributed by atoms with van der Waals surface area (Å²) in [7, 11) is -1.42. The molecule has 0 spiro atoms. The highest BCUT2D eigenvalue weighted by molar-refractivity contribution is 7.92. The van der Waals surface area contributed by atoms with Crippen LogP contribution in [-0.2, 0) is 26.0 Å². The standard InChI is InChI=1S/C32H41N3O7S/c1-7-42-27-15-13-26(14-16-27)35(43(38,39)28-17-18-29(40-5)30(21-28)41-6)22-31(36)34(24(4)32(37)33-23(2)3)20-19-25-11-9-8-10-12-25/h8-18,21,23-24H,7,19-20,22H2,1-6H3,(H,33,37)/t24-/m0/s1. The fourth-order valence-corrected chi connectivity index (χ4v) is 5.91. The average Bonchev–Trinajstić information content (AvgIpc) is 3.00. The van der Waals surface area contributed by atoms with Gasteiger partial charge in [0.1, 0.15) is 18.3 Å². The van der Waals surface area contributed by atoms with E-state index >= 15 is 0 Å². The highest BCUT2D eigenvalue weighted by Gasteiger charge is 2.33. The van der Waals surface area contributed by atoms with Crippen LogP contribution in [-0.4, -0.2) is 71.1 Å². The van der Waals surface area contributed by atoms with Crippen molar-refractivity contribution in [3.63, 3.8) is 0 Å². The maximum absolute atomic E-state index is 14.1. The first-order chi connectivity index (χ1) is 20.5. The topological polar surface area (TPSA) is 114 Å². The molecule has 0 aliphatic heterocycles. The van der Waals surface area contributed by atoms with Gasteiger partial charge in [0.25, 0.3) is 10.0 Å². The van der Waals surface area contributed by atoms with E-state index in [2.05, 4.69) is 5.32 Å². The third-order valence-electron chi connectivity index (χ3n) is 6.74. The van der Waals surface area contributed by atoms with Crippen LogP contribution in [0.4, 0.5) is 5.69 Å². The number of carbonyl (C=O) groups excluding carboxylic acids is 2. The Morgan fingerprint density at radius 1 is 0.884 bits per heavy atom. The number of ether oxygens (including phenoxy) is 3. The zero-order valence-corrected chi connectivity index (χ0v) is 26.4. The summed E-state index contributed by atoms with van der Waals surface area (Å²) in [5.41, 5.74) is 1.24. The summed E-state index contributed by atoms with van der Waals surface area (Å²) in [5, 5.41) is 2.85. The molecule has 0 saturated heterocycles. The van der Waals surface area contributed by atoms with E-state index in [-0.39, 0.29) is 34.8 Å². The molecule has 0 unspecified atom stereocenters. The van der Waals surface area contributed by atoms with Crippen LogP contribution in [0.15, 0.2) is 77.7 Å². The molecule has 232 valence electrons. The Morgan fingerprint density at radius 2 is 1.53 bits per heavy atom. The first kappa shape index (κ1) is 33.3. The molecular weight excluding hydrogens is 570 g/mol. The lowest BCUT2D eigenvalue weighted by Gasteiger charge is -2.32. The fourth-order valence-electron chi connectivity index (χ4n) is 4.48. The number of hydrogen-bond donors (Lipinski definition) is 1. The maximum atomic E-state index is 14.1. The molecule has 2 amide bonds. The number of anilines is 1. The number of rotatable bonds is 15. The largest absolute Gasteiger partial charge is 0.494 e. The Kier molecular flexibility index (Phi) is 11.8. The Bertz CT molecular complexity index is 1460. The van der Waals surface area contributed by atoms with Crippen LogP contribution in [0.5, 0.6) is 17.2 Å². The minimum absolute atomic E-state index is 0.0896. The van der Waals surface area contributed by atoms with Crippen LogP contribution in [0, 0.1) is 0 Å². The minimum atomic E-state index is -4.29. The molecule has 1 atom stereocenters. The normalized spacial score (nSPS) is 11.9. The number of methoxy groups -OCH3 is 2. The van der Waals surface area contributed by atoms with Gasteiger partial charge in [-0.1, -0.05) is 30.3 Å². The summed E-state index contributed by atoms with van der Waals surface area (Å²) in [6, 6.07) is 19.3. The van der Waals surface area contributed by atoms with E-state index in [9.17, 15) is 18.0 Å².